The molecule has 1 aromatic heterocycles. The molecule has 0 aliphatic heterocycles. The third-order valence-corrected chi connectivity index (χ3v) is 4.60. The summed E-state index contributed by atoms with van der Waals surface area (Å²) in [5, 5.41) is 9.14. The molecule has 1 heterocycles. The molecule has 0 aliphatic rings. The summed E-state index contributed by atoms with van der Waals surface area (Å²) < 4.78 is 28.7. The SMILES string of the molecule is CCCn1cc(S(=O)(=O)NC(C)CC(C)C)cc1C(=O)O. The molecule has 0 aliphatic carbocycles. The lowest BCUT2D eigenvalue weighted by Crippen LogP contribution is -2.33. The maximum atomic E-state index is 12.3. The molecule has 0 aromatic carbocycles. The summed E-state index contributed by atoms with van der Waals surface area (Å²) in [6.07, 6.45) is 2.84. The number of sulfonamides is 1. The highest BCUT2D eigenvalue weighted by Gasteiger charge is 2.23. The Morgan fingerprint density at radius 2 is 2.00 bits per heavy atom. The lowest BCUT2D eigenvalue weighted by molar-refractivity contribution is 0.0685. The zero-order valence-electron chi connectivity index (χ0n) is 13.0. The summed E-state index contributed by atoms with van der Waals surface area (Å²) >= 11 is 0. The van der Waals surface area contributed by atoms with Gasteiger partial charge in [0.05, 0.1) is 0 Å². The molecule has 2 N–H and O–H groups in total. The Hall–Kier alpha value is -1.34. The first-order valence-electron chi connectivity index (χ1n) is 7.13. The van der Waals surface area contributed by atoms with Crippen molar-refractivity contribution >= 4 is 16.0 Å². The molecule has 21 heavy (non-hydrogen) atoms. The Morgan fingerprint density at radius 1 is 1.38 bits per heavy atom. The van der Waals surface area contributed by atoms with Crippen molar-refractivity contribution in [3.8, 4) is 0 Å². The fourth-order valence-corrected chi connectivity index (χ4v) is 3.62. The lowest BCUT2D eigenvalue weighted by atomic mass is 10.1. The molecule has 1 aromatic rings. The summed E-state index contributed by atoms with van der Waals surface area (Å²) in [4.78, 5) is 11.2. The number of hydrogen-bond donors (Lipinski definition) is 2. The predicted molar refractivity (Wildman–Crippen MR) is 80.9 cm³/mol. The second-order valence-corrected chi connectivity index (χ2v) is 7.43. The van der Waals surface area contributed by atoms with E-state index in [0.717, 1.165) is 12.8 Å². The maximum Gasteiger partial charge on any atom is 0.352 e. The Kier molecular flexibility index (Phi) is 5.98. The summed E-state index contributed by atoms with van der Waals surface area (Å²) in [5.74, 6) is -0.748. The minimum Gasteiger partial charge on any atom is -0.477 e. The largest absolute Gasteiger partial charge is 0.477 e. The number of carbonyl (C=O) groups is 1. The molecule has 6 nitrogen and oxygen atoms in total. The summed E-state index contributed by atoms with van der Waals surface area (Å²) in [6.45, 7) is 8.22. The predicted octanol–water partition coefficient (Wildman–Crippen LogP) is 2.31. The summed E-state index contributed by atoms with van der Waals surface area (Å²) in [5.41, 5.74) is -0.00580. The fourth-order valence-electron chi connectivity index (χ4n) is 2.32. The molecular weight excluding hydrogens is 292 g/mol. The molecule has 1 rings (SSSR count). The Morgan fingerprint density at radius 3 is 2.48 bits per heavy atom. The lowest BCUT2D eigenvalue weighted by Gasteiger charge is -2.15. The number of aromatic carboxylic acids is 1. The number of carboxylic acids is 1. The van der Waals surface area contributed by atoms with E-state index in [4.69, 9.17) is 5.11 Å². The Labute approximate surface area is 126 Å². The van der Waals surface area contributed by atoms with Crippen LogP contribution in [0.1, 0.15) is 51.0 Å². The summed E-state index contributed by atoms with van der Waals surface area (Å²) in [6, 6.07) is 1.01. The van der Waals surface area contributed by atoms with Gasteiger partial charge in [0.15, 0.2) is 0 Å². The number of carboxylic acid groups (broad SMARTS) is 1. The van der Waals surface area contributed by atoms with Crippen molar-refractivity contribution in [2.45, 2.75) is 58.0 Å². The Bertz CT molecular complexity index is 590. The van der Waals surface area contributed by atoms with Gasteiger partial charge >= 0.3 is 5.97 Å². The topological polar surface area (TPSA) is 88.4 Å². The minimum atomic E-state index is -3.69. The molecule has 0 saturated carbocycles. The number of nitrogens with one attached hydrogen (secondary N) is 1. The highest BCUT2D eigenvalue weighted by molar-refractivity contribution is 7.89. The first kappa shape index (κ1) is 17.7. The van der Waals surface area contributed by atoms with Crippen LogP contribution >= 0.6 is 0 Å². The van der Waals surface area contributed by atoms with Gasteiger partial charge in [-0.05, 0) is 31.7 Å². The van der Waals surface area contributed by atoms with E-state index in [-0.39, 0.29) is 16.6 Å². The van der Waals surface area contributed by atoms with E-state index >= 15 is 0 Å². The maximum absolute atomic E-state index is 12.3. The third kappa shape index (κ3) is 4.86. The smallest absolute Gasteiger partial charge is 0.352 e. The van der Waals surface area contributed by atoms with Crippen molar-refractivity contribution in [3.05, 3.63) is 18.0 Å². The number of aryl methyl sites for hydroxylation is 1. The number of nitrogens with zero attached hydrogens (tertiary/aromatic N) is 1. The quantitative estimate of drug-likeness (QED) is 0.770. The van der Waals surface area contributed by atoms with Crippen LogP contribution in [-0.4, -0.2) is 30.1 Å². The molecule has 1 unspecified atom stereocenters. The molecule has 0 spiro atoms. The van der Waals surface area contributed by atoms with Crippen LogP contribution in [0.4, 0.5) is 0 Å². The van der Waals surface area contributed by atoms with E-state index in [1.165, 1.54) is 16.8 Å². The second-order valence-electron chi connectivity index (χ2n) is 5.71. The average molecular weight is 316 g/mol. The van der Waals surface area contributed by atoms with Gasteiger partial charge in [-0.25, -0.2) is 17.9 Å². The number of rotatable bonds is 8. The first-order valence-corrected chi connectivity index (χ1v) is 8.61. The van der Waals surface area contributed by atoms with Gasteiger partial charge in [0, 0.05) is 18.8 Å². The van der Waals surface area contributed by atoms with Gasteiger partial charge in [-0.3, -0.25) is 0 Å². The van der Waals surface area contributed by atoms with E-state index in [2.05, 4.69) is 4.72 Å². The minimum absolute atomic E-state index is 0.00366. The van der Waals surface area contributed by atoms with Gasteiger partial charge in [-0.2, -0.15) is 0 Å². The molecular formula is C14H24N2O4S. The van der Waals surface area contributed by atoms with E-state index in [1.807, 2.05) is 20.8 Å². The van der Waals surface area contributed by atoms with E-state index in [9.17, 15) is 13.2 Å². The molecule has 0 bridgehead atoms. The van der Waals surface area contributed by atoms with Crippen LogP contribution in [0.5, 0.6) is 0 Å². The van der Waals surface area contributed by atoms with Gasteiger partial charge in [0.1, 0.15) is 10.6 Å². The van der Waals surface area contributed by atoms with Gasteiger partial charge < -0.3 is 9.67 Å². The van der Waals surface area contributed by atoms with Crippen LogP contribution in [0.2, 0.25) is 0 Å². The van der Waals surface area contributed by atoms with Gasteiger partial charge in [0.2, 0.25) is 10.0 Å². The molecule has 1 atom stereocenters. The van der Waals surface area contributed by atoms with E-state index in [0.29, 0.717) is 12.5 Å². The molecule has 0 radical (unpaired) electrons. The van der Waals surface area contributed by atoms with Crippen molar-refractivity contribution in [1.29, 1.82) is 0 Å². The summed E-state index contributed by atoms with van der Waals surface area (Å²) in [7, 11) is -3.69. The van der Waals surface area contributed by atoms with E-state index < -0.39 is 16.0 Å². The molecule has 0 amide bonds. The molecule has 0 saturated heterocycles. The third-order valence-electron chi connectivity index (χ3n) is 3.05. The van der Waals surface area contributed by atoms with Gasteiger partial charge in [0.25, 0.3) is 0 Å². The standard InChI is InChI=1S/C14H24N2O4S/c1-5-6-16-9-12(8-13(16)14(17)18)21(19,20)15-11(4)7-10(2)3/h8-11,15H,5-7H2,1-4H3,(H,17,18). The van der Waals surface area contributed by atoms with Crippen LogP contribution in [0.3, 0.4) is 0 Å². The van der Waals surface area contributed by atoms with Gasteiger partial charge in [-0.1, -0.05) is 20.8 Å². The molecule has 0 fully saturated rings. The normalized spacial score (nSPS) is 13.6. The van der Waals surface area contributed by atoms with Crippen LogP contribution < -0.4 is 4.72 Å². The van der Waals surface area contributed by atoms with Crippen molar-refractivity contribution < 1.29 is 18.3 Å². The van der Waals surface area contributed by atoms with Crippen molar-refractivity contribution in [1.82, 2.24) is 9.29 Å². The van der Waals surface area contributed by atoms with Crippen molar-refractivity contribution in [2.24, 2.45) is 5.92 Å². The second kappa shape index (κ2) is 7.09. The van der Waals surface area contributed by atoms with Crippen LogP contribution in [0.25, 0.3) is 0 Å². The van der Waals surface area contributed by atoms with Gasteiger partial charge in [-0.15, -0.1) is 0 Å². The highest BCUT2D eigenvalue weighted by atomic mass is 32.2. The fraction of sp³-hybridized carbons (Fsp3) is 0.643. The first-order chi connectivity index (χ1) is 9.67. The number of aromatic nitrogens is 1. The monoisotopic (exact) mass is 316 g/mol. The van der Waals surface area contributed by atoms with Crippen LogP contribution in [0.15, 0.2) is 17.2 Å². The highest BCUT2D eigenvalue weighted by Crippen LogP contribution is 2.17. The zero-order valence-corrected chi connectivity index (χ0v) is 13.8. The molecule has 120 valence electrons. The van der Waals surface area contributed by atoms with Crippen molar-refractivity contribution in [3.63, 3.8) is 0 Å². The van der Waals surface area contributed by atoms with Crippen LogP contribution in [0, 0.1) is 5.92 Å². The van der Waals surface area contributed by atoms with E-state index in [1.54, 1.807) is 6.92 Å². The zero-order chi connectivity index (χ0) is 16.2. The number of hydrogen-bond acceptors (Lipinski definition) is 3. The van der Waals surface area contributed by atoms with Crippen molar-refractivity contribution in [2.75, 3.05) is 0 Å². The molecule has 7 heteroatoms. The Balaban J connectivity index is 3.03. The average Bonchev–Trinajstić information content (AvgIpc) is 2.72. The van der Waals surface area contributed by atoms with Crippen LogP contribution in [-0.2, 0) is 16.6 Å².